The molecule has 194 valence electrons. The minimum atomic E-state index is -0.346. The number of aromatic nitrogens is 3. The number of anilines is 2. The van der Waals surface area contributed by atoms with Gasteiger partial charge in [-0.25, -0.2) is 14.8 Å². The molecule has 1 aromatic carbocycles. The summed E-state index contributed by atoms with van der Waals surface area (Å²) in [6, 6.07) is 13.1. The fourth-order valence-corrected chi connectivity index (χ4v) is 4.93. The molecule has 4 aromatic rings. The number of hydrogen-bond acceptors (Lipinski definition) is 9. The Bertz CT molecular complexity index is 1500. The van der Waals surface area contributed by atoms with E-state index < -0.39 is 0 Å². The van der Waals surface area contributed by atoms with Crippen molar-refractivity contribution in [3.8, 4) is 17.6 Å². The second kappa shape index (κ2) is 11.6. The van der Waals surface area contributed by atoms with Crippen molar-refractivity contribution in [1.29, 1.82) is 0 Å². The predicted octanol–water partition coefficient (Wildman–Crippen LogP) is 4.84. The van der Waals surface area contributed by atoms with Crippen molar-refractivity contribution in [3.63, 3.8) is 0 Å². The summed E-state index contributed by atoms with van der Waals surface area (Å²) in [5.41, 5.74) is 2.40. The van der Waals surface area contributed by atoms with Crippen LogP contribution in [0.5, 0.6) is 5.75 Å². The van der Waals surface area contributed by atoms with E-state index in [4.69, 9.17) is 21.1 Å². The van der Waals surface area contributed by atoms with Gasteiger partial charge < -0.3 is 19.7 Å². The second-order valence-corrected chi connectivity index (χ2v) is 10.3. The van der Waals surface area contributed by atoms with Crippen molar-refractivity contribution in [3.05, 3.63) is 70.6 Å². The maximum Gasteiger partial charge on any atom is 0.409 e. The van der Waals surface area contributed by atoms with E-state index in [2.05, 4.69) is 37.4 Å². The number of nitrogens with zero attached hydrogens (tertiary/aromatic N) is 4. The Hall–Kier alpha value is -3.91. The zero-order chi connectivity index (χ0) is 26.5. The summed E-state index contributed by atoms with van der Waals surface area (Å²) < 4.78 is 12.1. The highest BCUT2D eigenvalue weighted by Gasteiger charge is 2.26. The first-order chi connectivity index (χ1) is 18.4. The Balaban J connectivity index is 1.24. The molecule has 1 aliphatic heterocycles. The summed E-state index contributed by atoms with van der Waals surface area (Å²) in [5, 5.41) is 7.10. The third-order valence-corrected chi connectivity index (χ3v) is 7.04. The van der Waals surface area contributed by atoms with Gasteiger partial charge in [0.15, 0.2) is 5.82 Å². The number of nitrogens with one attached hydrogen (secondary N) is 2. The molecule has 0 bridgehead atoms. The molecule has 0 radical (unpaired) electrons. The zero-order valence-corrected chi connectivity index (χ0v) is 22.3. The third kappa shape index (κ3) is 6.31. The van der Waals surface area contributed by atoms with Crippen molar-refractivity contribution < 1.29 is 14.3 Å². The van der Waals surface area contributed by atoms with E-state index in [0.29, 0.717) is 36.2 Å². The minimum absolute atomic E-state index is 0.0515. The van der Waals surface area contributed by atoms with E-state index in [1.807, 2.05) is 36.4 Å². The number of pyridine rings is 1. The number of thiophene rings is 1. The van der Waals surface area contributed by atoms with E-state index in [-0.39, 0.29) is 18.2 Å². The average Bonchev–Trinajstić information content (AvgIpc) is 3.54. The summed E-state index contributed by atoms with van der Waals surface area (Å²) in [6.45, 7) is 0.914. The lowest BCUT2D eigenvalue weighted by Crippen LogP contribution is -2.29. The first-order valence-corrected chi connectivity index (χ1v) is 13.1. The van der Waals surface area contributed by atoms with Crippen molar-refractivity contribution in [1.82, 2.24) is 25.2 Å². The standard InChI is InChI=1S/C27H25ClN6O3S/c1-34(2)27(35)37-20-11-17(30-14-20)6-8-21-13-23-25(38-21)26(32-16-31-23)33-18-7-9-24(22(28)12-18)36-15-19-5-3-4-10-29-19/h3-5,7,9-10,12-13,16-17,20,30H,11,14-15H2,1-2H3,(H,31,32,33)/t17-,20-/m1/s1. The Morgan fingerprint density at radius 2 is 2.13 bits per heavy atom. The quantitative estimate of drug-likeness (QED) is 0.330. The van der Waals surface area contributed by atoms with E-state index in [1.54, 1.807) is 26.4 Å². The number of benzene rings is 1. The Morgan fingerprint density at radius 1 is 1.24 bits per heavy atom. The van der Waals surface area contributed by atoms with Gasteiger partial charge in [0, 0.05) is 38.9 Å². The Labute approximate surface area is 229 Å². The van der Waals surface area contributed by atoms with E-state index in [0.717, 1.165) is 26.5 Å². The van der Waals surface area contributed by atoms with Gasteiger partial charge in [0.2, 0.25) is 0 Å². The van der Waals surface area contributed by atoms with Crippen LogP contribution < -0.4 is 15.4 Å². The molecule has 4 heterocycles. The van der Waals surface area contributed by atoms with Crippen LogP contribution in [-0.4, -0.2) is 58.7 Å². The normalized spacial score (nSPS) is 16.5. The van der Waals surface area contributed by atoms with E-state index in [1.165, 1.54) is 22.6 Å². The summed E-state index contributed by atoms with van der Waals surface area (Å²) in [7, 11) is 3.33. The maximum absolute atomic E-state index is 11.8. The van der Waals surface area contributed by atoms with Crippen molar-refractivity contribution in [2.75, 3.05) is 26.0 Å². The number of halogens is 1. The van der Waals surface area contributed by atoms with Crippen molar-refractivity contribution in [2.45, 2.75) is 25.2 Å². The van der Waals surface area contributed by atoms with Crippen LogP contribution in [0.15, 0.2) is 55.0 Å². The van der Waals surface area contributed by atoms with Crippen LogP contribution in [0.1, 0.15) is 17.0 Å². The lowest BCUT2D eigenvalue weighted by atomic mass is 10.2. The van der Waals surface area contributed by atoms with Crippen LogP contribution in [0, 0.1) is 11.8 Å². The molecule has 1 aliphatic rings. The lowest BCUT2D eigenvalue weighted by molar-refractivity contribution is 0.0826. The van der Waals surface area contributed by atoms with Crippen molar-refractivity contribution >= 4 is 50.8 Å². The molecule has 2 atom stereocenters. The smallest absolute Gasteiger partial charge is 0.409 e. The molecule has 1 saturated heterocycles. The number of amides is 1. The number of ether oxygens (including phenoxy) is 2. The van der Waals surface area contributed by atoms with Gasteiger partial charge in [-0.05, 0) is 36.4 Å². The number of hydrogen-bond donors (Lipinski definition) is 2. The van der Waals surface area contributed by atoms with Crippen molar-refractivity contribution in [2.24, 2.45) is 0 Å². The highest BCUT2D eigenvalue weighted by molar-refractivity contribution is 7.20. The molecule has 0 unspecified atom stereocenters. The highest BCUT2D eigenvalue weighted by atomic mass is 35.5. The summed E-state index contributed by atoms with van der Waals surface area (Å²) in [5.74, 6) is 7.70. The van der Waals surface area contributed by atoms with Crippen LogP contribution in [0.25, 0.3) is 10.2 Å². The van der Waals surface area contributed by atoms with Crippen LogP contribution >= 0.6 is 22.9 Å². The Kier molecular flexibility index (Phi) is 7.89. The minimum Gasteiger partial charge on any atom is -0.486 e. The highest BCUT2D eigenvalue weighted by Crippen LogP contribution is 2.33. The van der Waals surface area contributed by atoms with Gasteiger partial charge in [-0.2, -0.15) is 0 Å². The molecule has 0 spiro atoms. The molecule has 3 aromatic heterocycles. The number of carbonyl (C=O) groups excluding carboxylic acids is 1. The molecule has 2 N–H and O–H groups in total. The SMILES string of the molecule is CN(C)C(=O)O[C@H]1CN[C@H](C#Cc2cc3ncnc(Nc4ccc(OCc5ccccn5)c(Cl)c4)c3s2)C1. The van der Waals surface area contributed by atoms with E-state index in [9.17, 15) is 4.79 Å². The van der Waals surface area contributed by atoms with Crippen LogP contribution in [-0.2, 0) is 11.3 Å². The molecule has 1 amide bonds. The number of carbonyl (C=O) groups is 1. The maximum atomic E-state index is 11.8. The second-order valence-electron chi connectivity index (χ2n) is 8.79. The van der Waals surface area contributed by atoms with Gasteiger partial charge in [-0.3, -0.25) is 10.3 Å². The molecule has 0 aliphatic carbocycles. The van der Waals surface area contributed by atoms with Gasteiger partial charge in [0.25, 0.3) is 0 Å². The van der Waals surface area contributed by atoms with Gasteiger partial charge in [-0.15, -0.1) is 11.3 Å². The summed E-state index contributed by atoms with van der Waals surface area (Å²) in [6.07, 6.45) is 3.35. The molecule has 9 nitrogen and oxygen atoms in total. The van der Waals surface area contributed by atoms with Crippen LogP contribution in [0.3, 0.4) is 0 Å². The molecular weight excluding hydrogens is 524 g/mol. The average molecular weight is 549 g/mol. The predicted molar refractivity (Wildman–Crippen MR) is 148 cm³/mol. The summed E-state index contributed by atoms with van der Waals surface area (Å²) >= 11 is 7.98. The topological polar surface area (TPSA) is 102 Å². The van der Waals surface area contributed by atoms with Crippen LogP contribution in [0.2, 0.25) is 5.02 Å². The number of fused-ring (bicyclic) bond motifs is 1. The van der Waals surface area contributed by atoms with Gasteiger partial charge >= 0.3 is 6.09 Å². The largest absolute Gasteiger partial charge is 0.486 e. The molecular formula is C27H25ClN6O3S. The Morgan fingerprint density at radius 3 is 2.92 bits per heavy atom. The number of rotatable bonds is 6. The van der Waals surface area contributed by atoms with Gasteiger partial charge in [0.1, 0.15) is 24.8 Å². The fraction of sp³-hybridized carbons (Fsp3) is 0.259. The van der Waals surface area contributed by atoms with E-state index >= 15 is 0 Å². The lowest BCUT2D eigenvalue weighted by Gasteiger charge is -2.15. The van der Waals surface area contributed by atoms with Gasteiger partial charge in [-0.1, -0.05) is 29.5 Å². The van der Waals surface area contributed by atoms with Crippen LogP contribution in [0.4, 0.5) is 16.3 Å². The third-order valence-electron chi connectivity index (χ3n) is 5.70. The molecule has 11 heteroatoms. The molecule has 1 fully saturated rings. The van der Waals surface area contributed by atoms with Gasteiger partial charge in [0.05, 0.1) is 31.9 Å². The zero-order valence-electron chi connectivity index (χ0n) is 20.8. The first kappa shape index (κ1) is 25.7. The first-order valence-electron chi connectivity index (χ1n) is 11.9. The fourth-order valence-electron chi connectivity index (χ4n) is 3.78. The summed E-state index contributed by atoms with van der Waals surface area (Å²) in [4.78, 5) is 27.1. The monoisotopic (exact) mass is 548 g/mol. The molecule has 38 heavy (non-hydrogen) atoms. The molecule has 0 saturated carbocycles. The molecule has 5 rings (SSSR count).